The van der Waals surface area contributed by atoms with Gasteiger partial charge in [0.1, 0.15) is 22.3 Å². The first kappa shape index (κ1) is 18.8. The van der Waals surface area contributed by atoms with E-state index >= 15 is 0 Å². The average Bonchev–Trinajstić information content (AvgIpc) is 3.09. The maximum Gasteiger partial charge on any atom is 0.287 e. The third kappa shape index (κ3) is 4.22. The van der Waals surface area contributed by atoms with Gasteiger partial charge in [0.05, 0.1) is 18.0 Å². The van der Waals surface area contributed by atoms with Crippen LogP contribution in [0.5, 0.6) is 0 Å². The van der Waals surface area contributed by atoms with Crippen LogP contribution in [0.2, 0.25) is 0 Å². The molecule has 3 N–H and O–H groups in total. The Labute approximate surface area is 157 Å². The highest BCUT2D eigenvalue weighted by Gasteiger charge is 2.30. The third-order valence-electron chi connectivity index (χ3n) is 3.74. The van der Waals surface area contributed by atoms with Crippen LogP contribution < -0.4 is 11.1 Å². The van der Waals surface area contributed by atoms with E-state index in [2.05, 4.69) is 14.6 Å². The maximum absolute atomic E-state index is 12.1. The van der Waals surface area contributed by atoms with Crippen molar-refractivity contribution in [3.63, 3.8) is 0 Å². The summed E-state index contributed by atoms with van der Waals surface area (Å²) in [6, 6.07) is 8.99. The molecule has 0 aliphatic carbocycles. The summed E-state index contributed by atoms with van der Waals surface area (Å²) in [6.45, 7) is 1.38. The molecule has 2 aromatic rings. The van der Waals surface area contributed by atoms with Gasteiger partial charge in [-0.1, -0.05) is 6.07 Å². The Balaban J connectivity index is 1.49. The molecule has 2 heterocycles. The van der Waals surface area contributed by atoms with E-state index in [-0.39, 0.29) is 10.6 Å². The van der Waals surface area contributed by atoms with E-state index in [1.54, 1.807) is 30.0 Å². The second-order valence-electron chi connectivity index (χ2n) is 6.22. The zero-order valence-corrected chi connectivity index (χ0v) is 16.4. The number of sulfonamides is 1. The molecule has 0 fully saturated rings. The smallest absolute Gasteiger partial charge is 0.287 e. The Bertz CT molecular complexity index is 920. The molecule has 7 nitrogen and oxygen atoms in total. The normalized spacial score (nSPS) is 15.1. The molecular formula is C17H22N4O3S2. The van der Waals surface area contributed by atoms with Crippen LogP contribution >= 0.6 is 11.8 Å². The van der Waals surface area contributed by atoms with Crippen molar-refractivity contribution in [2.45, 2.75) is 17.2 Å². The van der Waals surface area contributed by atoms with Gasteiger partial charge >= 0.3 is 0 Å². The van der Waals surface area contributed by atoms with Crippen molar-refractivity contribution in [2.75, 3.05) is 32.1 Å². The van der Waals surface area contributed by atoms with E-state index in [0.717, 1.165) is 29.6 Å². The molecule has 140 valence electrons. The van der Waals surface area contributed by atoms with Crippen LogP contribution in [-0.2, 0) is 22.3 Å². The molecule has 0 bridgehead atoms. The molecule has 1 aromatic carbocycles. The van der Waals surface area contributed by atoms with Gasteiger partial charge in [-0.15, -0.1) is 4.40 Å². The molecule has 0 spiro atoms. The number of nitrogens with one attached hydrogen (secondary N) is 1. The van der Waals surface area contributed by atoms with Crippen molar-refractivity contribution in [1.82, 2.24) is 10.2 Å². The summed E-state index contributed by atoms with van der Waals surface area (Å²) in [5.41, 5.74) is 6.55. The van der Waals surface area contributed by atoms with E-state index in [1.807, 2.05) is 26.2 Å². The summed E-state index contributed by atoms with van der Waals surface area (Å²) in [5.74, 6) is 3.80. The lowest BCUT2D eigenvalue weighted by Crippen LogP contribution is -2.25. The molecule has 1 aromatic heterocycles. The number of nitrogens with two attached hydrogens (primary N) is 1. The predicted octanol–water partition coefficient (Wildman–Crippen LogP) is 1.90. The fourth-order valence-corrected chi connectivity index (χ4v) is 4.73. The second kappa shape index (κ2) is 7.73. The van der Waals surface area contributed by atoms with Crippen molar-refractivity contribution < 1.29 is 12.8 Å². The van der Waals surface area contributed by atoms with Crippen LogP contribution in [0, 0.1) is 0 Å². The number of amidine groups is 1. The largest absolute Gasteiger partial charge is 0.464 e. The van der Waals surface area contributed by atoms with E-state index < -0.39 is 10.0 Å². The fourth-order valence-electron chi connectivity index (χ4n) is 2.68. The minimum Gasteiger partial charge on any atom is -0.464 e. The van der Waals surface area contributed by atoms with Gasteiger partial charge in [-0.05, 0) is 38.4 Å². The molecule has 0 atom stereocenters. The van der Waals surface area contributed by atoms with Crippen molar-refractivity contribution in [1.29, 1.82) is 0 Å². The first-order valence-electron chi connectivity index (χ1n) is 8.14. The minimum atomic E-state index is -3.70. The number of hydrogen-bond acceptors (Lipinski definition) is 7. The number of fused-ring (bicyclic) bond motifs is 1. The summed E-state index contributed by atoms with van der Waals surface area (Å²) < 4.78 is 33.8. The highest BCUT2D eigenvalue weighted by atomic mass is 32.2. The number of furan rings is 1. The highest BCUT2D eigenvalue weighted by molar-refractivity contribution is 7.98. The van der Waals surface area contributed by atoms with E-state index in [1.165, 1.54) is 0 Å². The molecular weight excluding hydrogens is 372 g/mol. The maximum atomic E-state index is 12.1. The average molecular weight is 395 g/mol. The van der Waals surface area contributed by atoms with Gasteiger partial charge in [0.15, 0.2) is 0 Å². The summed E-state index contributed by atoms with van der Waals surface area (Å²) in [5, 5.41) is 3.10. The molecule has 0 amide bonds. The number of nitrogens with zero attached hydrogens (tertiary/aromatic N) is 2. The van der Waals surface area contributed by atoms with Gasteiger partial charge in [0, 0.05) is 17.9 Å². The number of anilines is 1. The summed E-state index contributed by atoms with van der Waals surface area (Å²) in [4.78, 5) is 2.15. The second-order valence-corrected chi connectivity index (χ2v) is 8.87. The molecule has 9 heteroatoms. The number of hydrogen-bond donors (Lipinski definition) is 2. The quantitative estimate of drug-likeness (QED) is 0.546. The van der Waals surface area contributed by atoms with Gasteiger partial charge in [-0.25, -0.2) is 0 Å². The third-order valence-corrected chi connectivity index (χ3v) is 6.12. The summed E-state index contributed by atoms with van der Waals surface area (Å²) in [6.07, 6.45) is 0. The number of thioether (sulfide) groups is 1. The SMILES string of the molecule is CN(C)Cc1ccc(CSCCNC2=NS(=O)(=O)c3c(N)cccc32)o1. The molecule has 26 heavy (non-hydrogen) atoms. The zero-order chi connectivity index (χ0) is 18.7. The Morgan fingerprint density at radius 1 is 1.23 bits per heavy atom. The van der Waals surface area contributed by atoms with Crippen molar-refractivity contribution in [3.8, 4) is 0 Å². The van der Waals surface area contributed by atoms with Gasteiger partial charge in [-0.2, -0.15) is 20.2 Å². The van der Waals surface area contributed by atoms with Crippen molar-refractivity contribution in [3.05, 3.63) is 47.4 Å². The Hall–Kier alpha value is -1.97. The first-order valence-corrected chi connectivity index (χ1v) is 10.7. The van der Waals surface area contributed by atoms with Crippen LogP contribution in [0.1, 0.15) is 17.1 Å². The Kier molecular flexibility index (Phi) is 5.59. The Morgan fingerprint density at radius 2 is 2.00 bits per heavy atom. The lowest BCUT2D eigenvalue weighted by atomic mass is 10.2. The fraction of sp³-hybridized carbons (Fsp3) is 0.353. The van der Waals surface area contributed by atoms with Crippen molar-refractivity contribution in [2.24, 2.45) is 4.40 Å². The van der Waals surface area contributed by atoms with Crippen LogP contribution in [0.25, 0.3) is 0 Å². The molecule has 0 saturated heterocycles. The highest BCUT2D eigenvalue weighted by Crippen LogP contribution is 2.30. The van der Waals surface area contributed by atoms with Crippen molar-refractivity contribution >= 4 is 33.3 Å². The van der Waals surface area contributed by atoms with E-state index in [9.17, 15) is 8.42 Å². The summed E-state index contributed by atoms with van der Waals surface area (Å²) >= 11 is 1.71. The predicted molar refractivity (Wildman–Crippen MR) is 105 cm³/mol. The van der Waals surface area contributed by atoms with Gasteiger partial charge in [-0.3, -0.25) is 0 Å². The molecule has 1 aliphatic rings. The van der Waals surface area contributed by atoms with Gasteiger partial charge < -0.3 is 20.4 Å². The van der Waals surface area contributed by atoms with Gasteiger partial charge in [0.2, 0.25) is 0 Å². The van der Waals surface area contributed by atoms with Gasteiger partial charge in [0.25, 0.3) is 10.0 Å². The Morgan fingerprint density at radius 3 is 2.77 bits per heavy atom. The molecule has 0 unspecified atom stereocenters. The molecule has 0 saturated carbocycles. The summed E-state index contributed by atoms with van der Waals surface area (Å²) in [7, 11) is 0.297. The number of benzene rings is 1. The molecule has 0 radical (unpaired) electrons. The topological polar surface area (TPSA) is 101 Å². The number of rotatable bonds is 7. The zero-order valence-electron chi connectivity index (χ0n) is 14.7. The minimum absolute atomic E-state index is 0.0964. The van der Waals surface area contributed by atoms with Crippen LogP contribution in [0.15, 0.2) is 44.0 Å². The van der Waals surface area contributed by atoms with E-state index in [4.69, 9.17) is 10.2 Å². The van der Waals surface area contributed by atoms with Crippen LogP contribution in [0.3, 0.4) is 0 Å². The van der Waals surface area contributed by atoms with E-state index in [0.29, 0.717) is 17.9 Å². The first-order chi connectivity index (χ1) is 12.4. The molecule has 1 aliphatic heterocycles. The lowest BCUT2D eigenvalue weighted by Gasteiger charge is -2.07. The van der Waals surface area contributed by atoms with Crippen LogP contribution in [-0.4, -0.2) is 45.5 Å². The lowest BCUT2D eigenvalue weighted by molar-refractivity contribution is 0.344. The number of nitrogen functional groups attached to an aromatic ring is 1. The standard InChI is InChI=1S/C17H22N4O3S2/c1-21(2)10-12-6-7-13(24-12)11-25-9-8-19-17-14-4-3-5-15(18)16(14)26(22,23)20-17/h3-7H,8-11,18H2,1-2H3,(H,19,20). The monoisotopic (exact) mass is 394 g/mol. The van der Waals surface area contributed by atoms with Crippen LogP contribution in [0.4, 0.5) is 5.69 Å². The molecule has 3 rings (SSSR count).